The van der Waals surface area contributed by atoms with E-state index >= 15 is 4.39 Å². The van der Waals surface area contributed by atoms with Crippen LogP contribution < -0.4 is 15.8 Å². The van der Waals surface area contributed by atoms with Crippen LogP contribution in [0.1, 0.15) is 54.9 Å². The number of nitrogens with zero attached hydrogens (tertiary/aromatic N) is 3. The smallest absolute Gasteiger partial charge is 0.402 e. The Kier molecular flexibility index (Phi) is 4.30. The van der Waals surface area contributed by atoms with E-state index in [1.54, 1.807) is 4.68 Å². The van der Waals surface area contributed by atoms with Crippen molar-refractivity contribution < 1.29 is 26.7 Å². The predicted octanol–water partition coefficient (Wildman–Crippen LogP) is 5.00. The lowest BCUT2D eigenvalue weighted by atomic mass is 10.0. The highest BCUT2D eigenvalue weighted by molar-refractivity contribution is 5.91. The van der Waals surface area contributed by atoms with Crippen molar-refractivity contribution in [3.05, 3.63) is 35.2 Å². The van der Waals surface area contributed by atoms with E-state index in [1.807, 2.05) is 0 Å². The third-order valence-corrected chi connectivity index (χ3v) is 7.64. The second-order valence-electron chi connectivity index (χ2n) is 10.2. The molecule has 3 aliphatic carbocycles. The van der Waals surface area contributed by atoms with Crippen LogP contribution in [0.15, 0.2) is 12.1 Å². The lowest BCUT2D eigenvalue weighted by molar-refractivity contribution is -0.275. The van der Waals surface area contributed by atoms with Crippen molar-refractivity contribution in [1.29, 1.82) is 0 Å². The number of nitrogens with two attached hydrogens (primary N) is 1. The summed E-state index contributed by atoms with van der Waals surface area (Å²) in [5.41, 5.74) is 6.44. The van der Waals surface area contributed by atoms with E-state index in [0.29, 0.717) is 22.9 Å². The summed E-state index contributed by atoms with van der Waals surface area (Å²) in [5, 5.41) is 8.92. The zero-order chi connectivity index (χ0) is 24.2. The Hall–Kier alpha value is -2.95. The third kappa shape index (κ3) is 3.38. The first-order chi connectivity index (χ1) is 16.7. The molecule has 0 amide bonds. The van der Waals surface area contributed by atoms with Crippen LogP contribution in [-0.2, 0) is 0 Å². The van der Waals surface area contributed by atoms with Crippen molar-refractivity contribution in [2.75, 3.05) is 18.8 Å². The Labute approximate surface area is 196 Å². The van der Waals surface area contributed by atoms with Gasteiger partial charge in [-0.15, -0.1) is 13.2 Å². The van der Waals surface area contributed by atoms with Gasteiger partial charge in [0.1, 0.15) is 11.2 Å². The lowest BCUT2D eigenvalue weighted by Gasteiger charge is -2.17. The summed E-state index contributed by atoms with van der Waals surface area (Å²) in [6, 6.07) is 1.83. The first kappa shape index (κ1) is 21.3. The number of halogens is 5. The minimum absolute atomic E-state index is 0.0308. The summed E-state index contributed by atoms with van der Waals surface area (Å²) in [7, 11) is 0. The Morgan fingerprint density at radius 3 is 2.37 bits per heavy atom. The molecule has 6 nitrogen and oxygen atoms in total. The number of aromatic nitrogens is 3. The standard InChI is InChI=1S/C24H22F5N5O/c25-15-6-10(30)5-12(23(15)35-24(27,28)29)20-18(26)22-17(19(32-20)9-1-2-9)21(33-34(22)11-3-4-11)16-13-7-31-8-14(13)16/h5-6,9,11,13-14,16,31H,1-4,7-8,30H2/t13-,14+,16?. The molecular formula is C24H22F5N5O. The van der Waals surface area contributed by atoms with Gasteiger partial charge in [0.25, 0.3) is 0 Å². The van der Waals surface area contributed by atoms with Crippen molar-refractivity contribution in [2.45, 2.75) is 49.9 Å². The SMILES string of the molecule is Nc1cc(F)c(OC(F)(F)F)c(-c2nc(C3CC3)c3c(C4[C@H]5CNC[C@@H]45)nn(C4CC4)c3c2F)c1. The molecule has 1 saturated heterocycles. The molecule has 3 heterocycles. The molecule has 1 unspecified atom stereocenters. The summed E-state index contributed by atoms with van der Waals surface area (Å²) in [6.45, 7) is 1.78. The van der Waals surface area contributed by atoms with Gasteiger partial charge in [0.15, 0.2) is 17.4 Å². The van der Waals surface area contributed by atoms with Crippen LogP contribution in [0.4, 0.5) is 27.6 Å². The highest BCUT2D eigenvalue weighted by Crippen LogP contribution is 2.59. The number of anilines is 1. The van der Waals surface area contributed by atoms with E-state index < -0.39 is 35.0 Å². The predicted molar refractivity (Wildman–Crippen MR) is 117 cm³/mol. The molecule has 3 atom stereocenters. The summed E-state index contributed by atoms with van der Waals surface area (Å²) in [4.78, 5) is 4.55. The molecule has 2 aromatic heterocycles. The van der Waals surface area contributed by atoms with Gasteiger partial charge in [-0.25, -0.2) is 13.8 Å². The van der Waals surface area contributed by atoms with Crippen LogP contribution in [0.3, 0.4) is 0 Å². The van der Waals surface area contributed by atoms with Gasteiger partial charge in [0.05, 0.1) is 23.0 Å². The number of nitrogens with one attached hydrogen (secondary N) is 1. The molecular weight excluding hydrogens is 469 g/mol. The number of ether oxygens (including phenoxy) is 1. The highest BCUT2D eigenvalue weighted by Gasteiger charge is 2.56. The van der Waals surface area contributed by atoms with E-state index in [4.69, 9.17) is 10.8 Å². The molecule has 3 N–H and O–H groups in total. The van der Waals surface area contributed by atoms with E-state index in [0.717, 1.165) is 56.6 Å². The molecule has 0 bridgehead atoms. The second kappa shape index (κ2) is 7.05. The van der Waals surface area contributed by atoms with Crippen molar-refractivity contribution in [3.8, 4) is 17.0 Å². The molecule has 7 rings (SSSR count). The van der Waals surface area contributed by atoms with Gasteiger partial charge < -0.3 is 15.8 Å². The Morgan fingerprint density at radius 1 is 1.03 bits per heavy atom. The number of benzene rings is 1. The van der Waals surface area contributed by atoms with E-state index in [1.165, 1.54) is 0 Å². The Balaban J connectivity index is 1.49. The first-order valence-corrected chi connectivity index (χ1v) is 11.9. The Morgan fingerprint density at radius 2 is 1.74 bits per heavy atom. The molecule has 3 aromatic rings. The van der Waals surface area contributed by atoms with Gasteiger partial charge in [-0.1, -0.05) is 0 Å². The summed E-state index contributed by atoms with van der Waals surface area (Å²) < 4.78 is 76.0. The van der Waals surface area contributed by atoms with Crippen molar-refractivity contribution in [1.82, 2.24) is 20.1 Å². The van der Waals surface area contributed by atoms with E-state index in [2.05, 4.69) is 15.0 Å². The minimum Gasteiger partial charge on any atom is -0.402 e. The van der Waals surface area contributed by atoms with E-state index in [9.17, 15) is 17.6 Å². The van der Waals surface area contributed by atoms with Crippen LogP contribution in [-0.4, -0.2) is 34.2 Å². The minimum atomic E-state index is -5.17. The molecule has 0 radical (unpaired) electrons. The maximum atomic E-state index is 16.3. The Bertz CT molecular complexity index is 1370. The number of nitrogen functional groups attached to an aromatic ring is 1. The topological polar surface area (TPSA) is 78.0 Å². The van der Waals surface area contributed by atoms with Crippen LogP contribution in [0.5, 0.6) is 5.75 Å². The molecule has 184 valence electrons. The van der Waals surface area contributed by atoms with Gasteiger partial charge in [0.2, 0.25) is 0 Å². The summed E-state index contributed by atoms with van der Waals surface area (Å²) >= 11 is 0. The molecule has 3 saturated carbocycles. The van der Waals surface area contributed by atoms with Crippen LogP contribution >= 0.6 is 0 Å². The molecule has 1 aliphatic heterocycles. The average Bonchev–Trinajstić information content (AvgIpc) is 3.73. The van der Waals surface area contributed by atoms with Gasteiger partial charge >= 0.3 is 6.36 Å². The number of hydrogen-bond donors (Lipinski definition) is 2. The van der Waals surface area contributed by atoms with Gasteiger partial charge in [-0.3, -0.25) is 4.68 Å². The molecule has 35 heavy (non-hydrogen) atoms. The zero-order valence-electron chi connectivity index (χ0n) is 18.5. The van der Waals surface area contributed by atoms with Gasteiger partial charge in [-0.2, -0.15) is 5.10 Å². The van der Waals surface area contributed by atoms with Gasteiger partial charge in [-0.05, 0) is 56.7 Å². The maximum absolute atomic E-state index is 16.3. The number of fused-ring (bicyclic) bond motifs is 2. The number of piperidine rings is 1. The molecule has 4 aliphatic rings. The number of rotatable bonds is 5. The van der Waals surface area contributed by atoms with Crippen molar-refractivity contribution in [2.24, 2.45) is 11.8 Å². The molecule has 11 heteroatoms. The zero-order valence-corrected chi connectivity index (χ0v) is 18.5. The first-order valence-electron chi connectivity index (χ1n) is 11.9. The summed E-state index contributed by atoms with van der Waals surface area (Å²) in [5.74, 6) is -2.12. The molecule has 4 fully saturated rings. The number of hydrogen-bond acceptors (Lipinski definition) is 5. The quantitative estimate of drug-likeness (QED) is 0.388. The van der Waals surface area contributed by atoms with Crippen LogP contribution in [0.2, 0.25) is 0 Å². The highest BCUT2D eigenvalue weighted by atomic mass is 19.4. The summed E-state index contributed by atoms with van der Waals surface area (Å²) in [6.07, 6.45) is -1.79. The van der Waals surface area contributed by atoms with Crippen molar-refractivity contribution >= 4 is 16.6 Å². The lowest BCUT2D eigenvalue weighted by Crippen LogP contribution is -2.19. The average molecular weight is 491 g/mol. The van der Waals surface area contributed by atoms with Crippen LogP contribution in [0.25, 0.3) is 22.2 Å². The molecule has 0 spiro atoms. The normalized spacial score (nSPS) is 25.8. The number of alkyl halides is 3. The molecule has 1 aromatic carbocycles. The monoisotopic (exact) mass is 491 g/mol. The third-order valence-electron chi connectivity index (χ3n) is 7.64. The van der Waals surface area contributed by atoms with Crippen molar-refractivity contribution in [3.63, 3.8) is 0 Å². The fourth-order valence-electron chi connectivity index (χ4n) is 5.73. The second-order valence-corrected chi connectivity index (χ2v) is 10.2. The maximum Gasteiger partial charge on any atom is 0.573 e. The van der Waals surface area contributed by atoms with E-state index in [-0.39, 0.29) is 29.1 Å². The largest absolute Gasteiger partial charge is 0.573 e. The fraction of sp³-hybridized carbons (Fsp3) is 0.500. The van der Waals surface area contributed by atoms with Gasteiger partial charge in [0, 0.05) is 29.0 Å². The number of pyridine rings is 1. The van der Waals surface area contributed by atoms with Crippen LogP contribution in [0, 0.1) is 23.5 Å². The fourth-order valence-corrected chi connectivity index (χ4v) is 5.73.